The molecule has 94 valence electrons. The molecular formula is C13H13ClN2O2. The zero-order valence-corrected chi connectivity index (χ0v) is 10.7. The molecule has 0 N–H and O–H groups in total. The molecular weight excluding hydrogens is 252 g/mol. The van der Waals surface area contributed by atoms with E-state index in [0.29, 0.717) is 11.6 Å². The summed E-state index contributed by atoms with van der Waals surface area (Å²) in [6.45, 7) is 1.87. The van der Waals surface area contributed by atoms with Crippen LogP contribution >= 0.6 is 11.6 Å². The van der Waals surface area contributed by atoms with E-state index in [0.717, 1.165) is 0 Å². The highest BCUT2D eigenvalue weighted by Crippen LogP contribution is 2.25. The summed E-state index contributed by atoms with van der Waals surface area (Å²) in [5.41, 5.74) is 0. The third-order valence-electron chi connectivity index (χ3n) is 2.62. The summed E-state index contributed by atoms with van der Waals surface area (Å²) >= 11 is 5.65. The number of hydrogen-bond donors (Lipinski definition) is 0. The van der Waals surface area contributed by atoms with Gasteiger partial charge in [-0.1, -0.05) is 6.07 Å². The van der Waals surface area contributed by atoms with Crippen molar-refractivity contribution >= 4 is 23.3 Å². The van der Waals surface area contributed by atoms with Gasteiger partial charge in [0.2, 0.25) is 5.91 Å². The zero-order valence-electron chi connectivity index (χ0n) is 9.91. The fraction of sp³-hybridized carbons (Fsp3) is 0.231. The normalized spacial score (nSPS) is 12.1. The van der Waals surface area contributed by atoms with E-state index in [-0.39, 0.29) is 17.8 Å². The van der Waals surface area contributed by atoms with Crippen LogP contribution in [0, 0.1) is 0 Å². The van der Waals surface area contributed by atoms with Gasteiger partial charge in [-0.25, -0.2) is 4.98 Å². The minimum absolute atomic E-state index is 0.0956. The van der Waals surface area contributed by atoms with Crippen molar-refractivity contribution in [3.05, 3.63) is 48.6 Å². The van der Waals surface area contributed by atoms with Crippen LogP contribution in [0.1, 0.15) is 18.7 Å². The molecule has 18 heavy (non-hydrogen) atoms. The topological polar surface area (TPSA) is 46.3 Å². The highest BCUT2D eigenvalue weighted by atomic mass is 35.5. The van der Waals surface area contributed by atoms with Crippen LogP contribution < -0.4 is 4.90 Å². The number of rotatable bonds is 4. The highest BCUT2D eigenvalue weighted by Gasteiger charge is 2.25. The lowest BCUT2D eigenvalue weighted by atomic mass is 10.2. The number of carbonyl (C=O) groups excluding carboxylic acids is 1. The number of pyridine rings is 1. The van der Waals surface area contributed by atoms with Crippen molar-refractivity contribution in [2.45, 2.75) is 13.0 Å². The smallest absolute Gasteiger partial charge is 0.243 e. The molecule has 0 spiro atoms. The average Bonchev–Trinajstić information content (AvgIpc) is 2.94. The van der Waals surface area contributed by atoms with Gasteiger partial charge in [0.25, 0.3) is 0 Å². The molecule has 2 rings (SSSR count). The lowest BCUT2D eigenvalue weighted by Gasteiger charge is -2.26. The molecule has 1 amide bonds. The monoisotopic (exact) mass is 264 g/mol. The number of nitrogens with zero attached hydrogens (tertiary/aromatic N) is 2. The van der Waals surface area contributed by atoms with E-state index in [9.17, 15) is 4.79 Å². The summed E-state index contributed by atoms with van der Waals surface area (Å²) in [6, 6.07) is 8.75. The van der Waals surface area contributed by atoms with Crippen molar-refractivity contribution in [1.82, 2.24) is 4.98 Å². The van der Waals surface area contributed by atoms with Gasteiger partial charge in [0.05, 0.1) is 12.3 Å². The van der Waals surface area contributed by atoms with Crippen LogP contribution in [0.3, 0.4) is 0 Å². The van der Waals surface area contributed by atoms with Gasteiger partial charge >= 0.3 is 0 Å². The maximum atomic E-state index is 12.0. The third-order valence-corrected chi connectivity index (χ3v) is 2.85. The summed E-state index contributed by atoms with van der Waals surface area (Å²) in [7, 11) is 0. The minimum atomic E-state index is -0.249. The predicted molar refractivity (Wildman–Crippen MR) is 69.6 cm³/mol. The summed E-state index contributed by atoms with van der Waals surface area (Å²) < 4.78 is 5.33. The van der Waals surface area contributed by atoms with Gasteiger partial charge in [0.15, 0.2) is 0 Å². The molecule has 0 radical (unpaired) electrons. The van der Waals surface area contributed by atoms with Crippen LogP contribution in [0.5, 0.6) is 0 Å². The number of hydrogen-bond acceptors (Lipinski definition) is 3. The molecule has 2 aromatic heterocycles. The van der Waals surface area contributed by atoms with Crippen LogP contribution in [-0.4, -0.2) is 16.8 Å². The van der Waals surface area contributed by atoms with Crippen LogP contribution in [0.25, 0.3) is 0 Å². The number of furan rings is 1. The lowest BCUT2D eigenvalue weighted by molar-refractivity contribution is -0.116. The zero-order chi connectivity index (χ0) is 13.0. The van der Waals surface area contributed by atoms with Crippen molar-refractivity contribution < 1.29 is 9.21 Å². The van der Waals surface area contributed by atoms with E-state index < -0.39 is 0 Å². The fourth-order valence-corrected chi connectivity index (χ4v) is 1.89. The summed E-state index contributed by atoms with van der Waals surface area (Å²) in [5.74, 6) is 0.951. The summed E-state index contributed by atoms with van der Waals surface area (Å²) in [6.07, 6.45) is 3.21. The van der Waals surface area contributed by atoms with Gasteiger partial charge in [-0.3, -0.25) is 9.69 Å². The van der Waals surface area contributed by atoms with Crippen molar-refractivity contribution in [3.8, 4) is 0 Å². The molecule has 1 atom stereocenters. The standard InChI is InChI=1S/C13H13ClN2O2/c1-10(11-5-4-8-18-11)16(13(17)9-14)12-6-2-3-7-15-12/h2-8,10H,9H2,1H3/t10-/m1/s1. The van der Waals surface area contributed by atoms with Crippen molar-refractivity contribution in [1.29, 1.82) is 0 Å². The van der Waals surface area contributed by atoms with Crippen molar-refractivity contribution in [2.75, 3.05) is 10.8 Å². The summed E-state index contributed by atoms with van der Waals surface area (Å²) in [4.78, 5) is 17.7. The Bertz CT molecular complexity index is 499. The van der Waals surface area contributed by atoms with Gasteiger partial charge in [-0.2, -0.15) is 0 Å². The molecule has 0 unspecified atom stereocenters. The first kappa shape index (κ1) is 12.6. The second-order valence-corrected chi connectivity index (χ2v) is 4.04. The Labute approximate surface area is 110 Å². The molecule has 2 heterocycles. The van der Waals surface area contributed by atoms with Gasteiger partial charge in [0, 0.05) is 6.20 Å². The fourth-order valence-electron chi connectivity index (χ4n) is 1.76. The SMILES string of the molecule is C[C@H](c1ccco1)N(C(=O)CCl)c1ccccn1. The third kappa shape index (κ3) is 2.54. The average molecular weight is 265 g/mol. The Balaban J connectivity index is 2.35. The Morgan fingerprint density at radius 1 is 1.44 bits per heavy atom. The van der Waals surface area contributed by atoms with Crippen molar-refractivity contribution in [2.24, 2.45) is 0 Å². The molecule has 0 aliphatic rings. The molecule has 0 saturated heterocycles. The molecule has 0 bridgehead atoms. The quantitative estimate of drug-likeness (QED) is 0.798. The number of alkyl halides is 1. The van der Waals surface area contributed by atoms with Crippen LogP contribution in [0.15, 0.2) is 47.2 Å². The maximum absolute atomic E-state index is 12.0. The molecule has 4 nitrogen and oxygen atoms in total. The van der Waals surface area contributed by atoms with E-state index in [2.05, 4.69) is 4.98 Å². The first-order chi connectivity index (χ1) is 8.74. The van der Waals surface area contributed by atoms with E-state index >= 15 is 0 Å². The van der Waals surface area contributed by atoms with Gasteiger partial charge in [0.1, 0.15) is 17.5 Å². The Kier molecular flexibility index (Phi) is 3.99. The number of halogens is 1. The van der Waals surface area contributed by atoms with E-state index in [1.54, 1.807) is 30.7 Å². The van der Waals surface area contributed by atoms with Crippen LogP contribution in [-0.2, 0) is 4.79 Å². The second-order valence-electron chi connectivity index (χ2n) is 3.78. The first-order valence-corrected chi connectivity index (χ1v) is 6.10. The first-order valence-electron chi connectivity index (χ1n) is 5.56. The summed E-state index contributed by atoms with van der Waals surface area (Å²) in [5, 5.41) is 0. The highest BCUT2D eigenvalue weighted by molar-refractivity contribution is 6.29. The second kappa shape index (κ2) is 5.69. The molecule has 2 aromatic rings. The molecule has 0 aliphatic heterocycles. The number of amides is 1. The van der Waals surface area contributed by atoms with E-state index in [4.69, 9.17) is 16.0 Å². The number of anilines is 1. The van der Waals surface area contributed by atoms with Crippen LogP contribution in [0.4, 0.5) is 5.82 Å². The Hall–Kier alpha value is -1.81. The Morgan fingerprint density at radius 2 is 2.28 bits per heavy atom. The van der Waals surface area contributed by atoms with Gasteiger partial charge < -0.3 is 4.42 Å². The molecule has 0 aliphatic carbocycles. The number of aromatic nitrogens is 1. The van der Waals surface area contributed by atoms with Crippen molar-refractivity contribution in [3.63, 3.8) is 0 Å². The molecule has 0 aromatic carbocycles. The molecule has 0 fully saturated rings. The molecule has 0 saturated carbocycles. The number of carbonyl (C=O) groups is 1. The largest absolute Gasteiger partial charge is 0.467 e. The predicted octanol–water partition coefficient (Wildman–Crippen LogP) is 3.01. The van der Waals surface area contributed by atoms with Gasteiger partial charge in [-0.15, -0.1) is 11.6 Å². The maximum Gasteiger partial charge on any atom is 0.243 e. The van der Waals surface area contributed by atoms with E-state index in [1.165, 1.54) is 4.90 Å². The Morgan fingerprint density at radius 3 is 2.83 bits per heavy atom. The molecule has 5 heteroatoms. The minimum Gasteiger partial charge on any atom is -0.467 e. The lowest BCUT2D eigenvalue weighted by Crippen LogP contribution is -2.35. The van der Waals surface area contributed by atoms with E-state index in [1.807, 2.05) is 19.1 Å². The van der Waals surface area contributed by atoms with Gasteiger partial charge in [-0.05, 0) is 31.2 Å². The van der Waals surface area contributed by atoms with Crippen LogP contribution in [0.2, 0.25) is 0 Å².